The second-order valence-corrected chi connectivity index (χ2v) is 5.85. The van der Waals surface area contributed by atoms with Crippen molar-refractivity contribution in [2.24, 2.45) is 0 Å². The van der Waals surface area contributed by atoms with Gasteiger partial charge in [0.2, 0.25) is 5.95 Å². The summed E-state index contributed by atoms with van der Waals surface area (Å²) in [6, 6.07) is 5.77. The standard InChI is InChI=1S/C17H23N5O/c1-12(2)19-16(23)15-11-13(3)20-17(21-15)22(4)10-7-14-5-8-18-9-6-14/h5-6,8-9,11-12H,7,10H2,1-4H3,(H,19,23). The number of hydrogen-bond donors (Lipinski definition) is 1. The molecule has 0 aromatic carbocycles. The third kappa shape index (κ3) is 5.02. The highest BCUT2D eigenvalue weighted by molar-refractivity contribution is 5.92. The van der Waals surface area contributed by atoms with Crippen LogP contribution in [0.25, 0.3) is 0 Å². The van der Waals surface area contributed by atoms with Gasteiger partial charge in [-0.25, -0.2) is 9.97 Å². The fraction of sp³-hybridized carbons (Fsp3) is 0.412. The van der Waals surface area contributed by atoms with Crippen LogP contribution in [0.5, 0.6) is 0 Å². The third-order valence-corrected chi connectivity index (χ3v) is 3.32. The van der Waals surface area contributed by atoms with Crippen LogP contribution < -0.4 is 10.2 Å². The number of nitrogens with zero attached hydrogens (tertiary/aromatic N) is 4. The fourth-order valence-electron chi connectivity index (χ4n) is 2.12. The van der Waals surface area contributed by atoms with Gasteiger partial charge in [0.15, 0.2) is 0 Å². The van der Waals surface area contributed by atoms with Gasteiger partial charge in [-0.3, -0.25) is 9.78 Å². The van der Waals surface area contributed by atoms with Crippen LogP contribution in [-0.4, -0.2) is 40.5 Å². The summed E-state index contributed by atoms with van der Waals surface area (Å²) in [4.78, 5) is 26.9. The highest BCUT2D eigenvalue weighted by Crippen LogP contribution is 2.10. The van der Waals surface area contributed by atoms with E-state index in [1.54, 1.807) is 18.5 Å². The van der Waals surface area contributed by atoms with Gasteiger partial charge in [-0.1, -0.05) is 0 Å². The zero-order chi connectivity index (χ0) is 16.8. The van der Waals surface area contributed by atoms with Gasteiger partial charge in [-0.05, 0) is 51.0 Å². The molecular formula is C17H23N5O. The van der Waals surface area contributed by atoms with Crippen LogP contribution in [0.1, 0.15) is 35.6 Å². The Morgan fingerprint density at radius 3 is 2.61 bits per heavy atom. The van der Waals surface area contributed by atoms with Crippen molar-refractivity contribution >= 4 is 11.9 Å². The molecule has 0 saturated heterocycles. The number of amides is 1. The molecule has 0 aliphatic rings. The summed E-state index contributed by atoms with van der Waals surface area (Å²) < 4.78 is 0. The number of rotatable bonds is 6. The molecule has 23 heavy (non-hydrogen) atoms. The first-order chi connectivity index (χ1) is 11.0. The summed E-state index contributed by atoms with van der Waals surface area (Å²) in [5.41, 5.74) is 2.38. The lowest BCUT2D eigenvalue weighted by Crippen LogP contribution is -2.32. The van der Waals surface area contributed by atoms with E-state index in [1.807, 2.05) is 44.9 Å². The molecular weight excluding hydrogens is 290 g/mol. The largest absolute Gasteiger partial charge is 0.349 e. The van der Waals surface area contributed by atoms with Crippen LogP contribution >= 0.6 is 0 Å². The molecule has 2 rings (SSSR count). The van der Waals surface area contributed by atoms with E-state index in [0.717, 1.165) is 18.7 Å². The summed E-state index contributed by atoms with van der Waals surface area (Å²) in [6.45, 7) is 6.48. The lowest BCUT2D eigenvalue weighted by Gasteiger charge is -2.18. The van der Waals surface area contributed by atoms with Crippen LogP contribution in [0.3, 0.4) is 0 Å². The fourth-order valence-corrected chi connectivity index (χ4v) is 2.12. The molecule has 1 N–H and O–H groups in total. The highest BCUT2D eigenvalue weighted by atomic mass is 16.1. The van der Waals surface area contributed by atoms with Gasteiger partial charge in [0, 0.05) is 37.7 Å². The number of aromatic nitrogens is 3. The number of hydrogen-bond acceptors (Lipinski definition) is 5. The van der Waals surface area contributed by atoms with Crippen LogP contribution in [0.2, 0.25) is 0 Å². The van der Waals surface area contributed by atoms with E-state index in [1.165, 1.54) is 5.56 Å². The van der Waals surface area contributed by atoms with E-state index in [4.69, 9.17) is 0 Å². The van der Waals surface area contributed by atoms with Crippen LogP contribution in [-0.2, 0) is 6.42 Å². The quantitative estimate of drug-likeness (QED) is 0.883. The van der Waals surface area contributed by atoms with Crippen molar-refractivity contribution in [2.75, 3.05) is 18.5 Å². The molecule has 6 heteroatoms. The minimum Gasteiger partial charge on any atom is -0.349 e. The van der Waals surface area contributed by atoms with E-state index in [-0.39, 0.29) is 11.9 Å². The van der Waals surface area contributed by atoms with Crippen molar-refractivity contribution < 1.29 is 4.79 Å². The Bertz CT molecular complexity index is 657. The number of likely N-dealkylation sites (N-methyl/N-ethyl adjacent to an activating group) is 1. The first-order valence-corrected chi connectivity index (χ1v) is 7.72. The number of anilines is 1. The van der Waals surface area contributed by atoms with Gasteiger partial charge >= 0.3 is 0 Å². The molecule has 0 aliphatic heterocycles. The number of aryl methyl sites for hydroxylation is 1. The van der Waals surface area contributed by atoms with E-state index in [2.05, 4.69) is 20.3 Å². The van der Waals surface area contributed by atoms with Gasteiger partial charge in [0.25, 0.3) is 5.91 Å². The molecule has 0 saturated carbocycles. The highest BCUT2D eigenvalue weighted by Gasteiger charge is 2.13. The Kier molecular flexibility index (Phi) is 5.62. The number of pyridine rings is 1. The van der Waals surface area contributed by atoms with Crippen molar-refractivity contribution in [3.8, 4) is 0 Å². The molecule has 2 heterocycles. The Morgan fingerprint density at radius 2 is 1.96 bits per heavy atom. The SMILES string of the molecule is Cc1cc(C(=O)NC(C)C)nc(N(C)CCc2ccncc2)n1. The van der Waals surface area contributed by atoms with Gasteiger partial charge in [-0.2, -0.15) is 0 Å². The lowest BCUT2D eigenvalue weighted by atomic mass is 10.2. The lowest BCUT2D eigenvalue weighted by molar-refractivity contribution is 0.0938. The third-order valence-electron chi connectivity index (χ3n) is 3.32. The summed E-state index contributed by atoms with van der Waals surface area (Å²) >= 11 is 0. The molecule has 0 aliphatic carbocycles. The summed E-state index contributed by atoms with van der Waals surface area (Å²) in [7, 11) is 1.93. The molecule has 0 unspecified atom stereocenters. The molecule has 122 valence electrons. The second-order valence-electron chi connectivity index (χ2n) is 5.85. The van der Waals surface area contributed by atoms with Gasteiger partial charge < -0.3 is 10.2 Å². The molecule has 0 radical (unpaired) electrons. The first kappa shape index (κ1) is 16.9. The van der Waals surface area contributed by atoms with Gasteiger partial charge in [-0.15, -0.1) is 0 Å². The zero-order valence-electron chi connectivity index (χ0n) is 14.1. The monoisotopic (exact) mass is 313 g/mol. The van der Waals surface area contributed by atoms with E-state index in [9.17, 15) is 4.79 Å². The van der Waals surface area contributed by atoms with E-state index in [0.29, 0.717) is 11.6 Å². The van der Waals surface area contributed by atoms with Crippen molar-refractivity contribution in [3.63, 3.8) is 0 Å². The molecule has 1 amide bonds. The van der Waals surface area contributed by atoms with Crippen LogP contribution in [0, 0.1) is 6.92 Å². The Hall–Kier alpha value is -2.50. The van der Waals surface area contributed by atoms with Gasteiger partial charge in [0.05, 0.1) is 0 Å². The predicted octanol–water partition coefficient (Wildman–Crippen LogP) is 2.00. The Labute approximate surface area is 137 Å². The number of nitrogens with one attached hydrogen (secondary N) is 1. The van der Waals surface area contributed by atoms with Gasteiger partial charge in [0.1, 0.15) is 5.69 Å². The van der Waals surface area contributed by atoms with Crippen molar-refractivity contribution in [1.29, 1.82) is 0 Å². The van der Waals surface area contributed by atoms with E-state index >= 15 is 0 Å². The van der Waals surface area contributed by atoms with E-state index < -0.39 is 0 Å². The van der Waals surface area contributed by atoms with Crippen LogP contribution in [0.15, 0.2) is 30.6 Å². The molecule has 2 aromatic rings. The van der Waals surface area contributed by atoms with Crippen molar-refractivity contribution in [2.45, 2.75) is 33.2 Å². The second kappa shape index (κ2) is 7.67. The number of carbonyl (C=O) groups is 1. The normalized spacial score (nSPS) is 10.7. The topological polar surface area (TPSA) is 71.0 Å². The zero-order valence-corrected chi connectivity index (χ0v) is 14.1. The summed E-state index contributed by atoms with van der Waals surface area (Å²) in [5.74, 6) is 0.391. The summed E-state index contributed by atoms with van der Waals surface area (Å²) in [5, 5.41) is 2.86. The maximum absolute atomic E-state index is 12.1. The van der Waals surface area contributed by atoms with Crippen molar-refractivity contribution in [1.82, 2.24) is 20.3 Å². The smallest absolute Gasteiger partial charge is 0.270 e. The summed E-state index contributed by atoms with van der Waals surface area (Å²) in [6.07, 6.45) is 4.43. The average molecular weight is 313 g/mol. The first-order valence-electron chi connectivity index (χ1n) is 7.72. The Morgan fingerprint density at radius 1 is 1.26 bits per heavy atom. The minimum absolute atomic E-state index is 0.0747. The number of carbonyl (C=O) groups excluding carboxylic acids is 1. The molecule has 0 bridgehead atoms. The molecule has 0 spiro atoms. The Balaban J connectivity index is 2.09. The van der Waals surface area contributed by atoms with Crippen LogP contribution in [0.4, 0.5) is 5.95 Å². The molecule has 0 fully saturated rings. The van der Waals surface area contributed by atoms with Crippen molar-refractivity contribution in [3.05, 3.63) is 47.5 Å². The molecule has 2 aromatic heterocycles. The average Bonchev–Trinajstić information content (AvgIpc) is 2.52. The predicted molar refractivity (Wildman–Crippen MR) is 90.6 cm³/mol. The maximum Gasteiger partial charge on any atom is 0.270 e. The molecule has 0 atom stereocenters. The molecule has 6 nitrogen and oxygen atoms in total. The minimum atomic E-state index is -0.172. The maximum atomic E-state index is 12.1.